The van der Waals surface area contributed by atoms with Gasteiger partial charge in [-0.25, -0.2) is 0 Å². The van der Waals surface area contributed by atoms with Crippen molar-refractivity contribution in [2.24, 2.45) is 0 Å². The summed E-state index contributed by atoms with van der Waals surface area (Å²) in [4.78, 5) is 12.3. The van der Waals surface area contributed by atoms with Crippen LogP contribution < -0.4 is 29.4 Å². The van der Waals surface area contributed by atoms with Crippen molar-refractivity contribution < 1.29 is 39.0 Å². The Morgan fingerprint density at radius 2 is 1.76 bits per heavy atom. The number of benzene rings is 2. The molecule has 0 spiro atoms. The predicted molar refractivity (Wildman–Crippen MR) is 93.6 cm³/mol. The van der Waals surface area contributed by atoms with E-state index in [2.05, 4.69) is 13.8 Å². The molecule has 5 heteroatoms. The van der Waals surface area contributed by atoms with E-state index in [0.717, 1.165) is 5.56 Å². The fourth-order valence-corrected chi connectivity index (χ4v) is 3.56. The van der Waals surface area contributed by atoms with E-state index < -0.39 is 21.6 Å². The van der Waals surface area contributed by atoms with Crippen molar-refractivity contribution in [2.45, 2.75) is 19.3 Å². The summed E-state index contributed by atoms with van der Waals surface area (Å²) in [6, 6.07) is 15.0. The molecule has 0 aliphatic carbocycles. The summed E-state index contributed by atoms with van der Waals surface area (Å²) in [5.74, 6) is 1.21. The molecule has 0 aromatic heterocycles. The molecule has 2 aromatic carbocycles. The Morgan fingerprint density at radius 3 is 2.40 bits per heavy atom. The Bertz CT molecular complexity index is 739. The predicted octanol–water partition coefficient (Wildman–Crippen LogP) is 1.36. The summed E-state index contributed by atoms with van der Waals surface area (Å²) in [7, 11) is 3.21. The summed E-state index contributed by atoms with van der Waals surface area (Å²) in [6.07, 6.45) is 3.64. The summed E-state index contributed by atoms with van der Waals surface area (Å²) in [6.45, 7) is 4.16. The Kier molecular flexibility index (Phi) is 6.87. The molecule has 25 heavy (non-hydrogen) atoms. The zero-order chi connectivity index (χ0) is 18.3. The van der Waals surface area contributed by atoms with Crippen LogP contribution in [-0.2, 0) is 10.2 Å². The maximum absolute atomic E-state index is 12.3. The van der Waals surface area contributed by atoms with Gasteiger partial charge in [0.1, 0.15) is 0 Å². The Morgan fingerprint density at radius 1 is 1.04 bits per heavy atom. The van der Waals surface area contributed by atoms with Gasteiger partial charge in [-0.2, -0.15) is 0 Å². The summed E-state index contributed by atoms with van der Waals surface area (Å²) in [5.41, 5.74) is 1.49. The molecular formula is C20H22IO4-. The Balaban J connectivity index is 2.20. The quantitative estimate of drug-likeness (QED) is 0.344. The van der Waals surface area contributed by atoms with Crippen LogP contribution in [-0.4, -0.2) is 18.0 Å². The van der Waals surface area contributed by atoms with E-state index in [1.807, 2.05) is 42.5 Å². The average Bonchev–Trinajstić information content (AvgIpc) is 2.64. The van der Waals surface area contributed by atoms with Crippen LogP contribution in [0.2, 0.25) is 0 Å². The second-order valence-electron chi connectivity index (χ2n) is 5.92. The first-order chi connectivity index (χ1) is 12.0. The number of carbonyl (C=O) groups excluding carboxylic acids is 1. The van der Waals surface area contributed by atoms with Crippen LogP contribution in [0, 0.1) is 0 Å². The number of carbonyl (C=O) groups is 1. The zero-order valence-electron chi connectivity index (χ0n) is 14.8. The van der Waals surface area contributed by atoms with Crippen molar-refractivity contribution in [1.29, 1.82) is 0 Å². The number of allylic oxidation sites excluding steroid dienone is 1. The van der Waals surface area contributed by atoms with Crippen LogP contribution in [0.3, 0.4) is 0 Å². The van der Waals surface area contributed by atoms with Gasteiger partial charge in [-0.1, -0.05) is 0 Å². The van der Waals surface area contributed by atoms with Crippen LogP contribution >= 0.6 is 0 Å². The number of rotatable bonds is 8. The summed E-state index contributed by atoms with van der Waals surface area (Å²) < 4.78 is 16.3. The first-order valence-corrected chi connectivity index (χ1v) is 9.74. The van der Waals surface area contributed by atoms with Crippen LogP contribution in [0.4, 0.5) is 0 Å². The van der Waals surface area contributed by atoms with E-state index in [1.165, 1.54) is 0 Å². The molecule has 2 aromatic rings. The van der Waals surface area contributed by atoms with Crippen LogP contribution in [0.15, 0.2) is 60.9 Å². The Hall–Kier alpha value is -2.02. The minimum absolute atomic E-state index is 0.0328. The molecule has 0 heterocycles. The molecule has 0 aliphatic rings. The third kappa shape index (κ3) is 5.22. The second-order valence-corrected chi connectivity index (χ2v) is 7.78. The van der Waals surface area contributed by atoms with E-state index in [9.17, 15) is 4.79 Å². The normalized spacial score (nSPS) is 11.5. The van der Waals surface area contributed by atoms with E-state index in [1.54, 1.807) is 32.6 Å². The van der Waals surface area contributed by atoms with Gasteiger partial charge in [0.05, 0.1) is 0 Å². The molecule has 134 valence electrons. The van der Waals surface area contributed by atoms with Crippen molar-refractivity contribution in [3.63, 3.8) is 0 Å². The molecule has 0 unspecified atom stereocenters. The van der Waals surface area contributed by atoms with Gasteiger partial charge in [-0.05, 0) is 0 Å². The van der Waals surface area contributed by atoms with Gasteiger partial charge >= 0.3 is 160 Å². The molecule has 0 bridgehead atoms. The van der Waals surface area contributed by atoms with Gasteiger partial charge in [0.15, 0.2) is 0 Å². The van der Waals surface area contributed by atoms with Gasteiger partial charge in [-0.3, -0.25) is 0 Å². The van der Waals surface area contributed by atoms with Crippen molar-refractivity contribution >= 4 is 3.79 Å². The fraction of sp³-hybridized carbons (Fsp3) is 0.250. The molecule has 0 N–H and O–H groups in total. The summed E-state index contributed by atoms with van der Waals surface area (Å²) in [5, 5.41) is 0. The van der Waals surface area contributed by atoms with Gasteiger partial charge in [-0.15, -0.1) is 0 Å². The van der Waals surface area contributed by atoms with Crippen molar-refractivity contribution in [3.8, 4) is 11.5 Å². The van der Waals surface area contributed by atoms with Gasteiger partial charge in [0.2, 0.25) is 0 Å². The minimum atomic E-state index is -1.14. The van der Waals surface area contributed by atoms with Crippen LogP contribution in [0.1, 0.15) is 29.8 Å². The van der Waals surface area contributed by atoms with Gasteiger partial charge in [0, 0.05) is 0 Å². The van der Waals surface area contributed by atoms with E-state index in [0.29, 0.717) is 17.1 Å². The Labute approximate surface area is 159 Å². The molecule has 0 amide bonds. The third-order valence-corrected chi connectivity index (χ3v) is 5.44. The van der Waals surface area contributed by atoms with E-state index in [-0.39, 0.29) is 9.20 Å². The molecule has 0 radical (unpaired) electrons. The first-order valence-electron chi connectivity index (χ1n) is 7.78. The fourth-order valence-electron chi connectivity index (χ4n) is 2.16. The third-order valence-electron chi connectivity index (χ3n) is 3.72. The van der Waals surface area contributed by atoms with E-state index in [4.69, 9.17) is 12.5 Å². The van der Waals surface area contributed by atoms with Crippen molar-refractivity contribution in [1.82, 2.24) is 0 Å². The number of methoxy groups -OCH3 is 2. The zero-order valence-corrected chi connectivity index (χ0v) is 16.9. The number of hydrogen-bond donors (Lipinski definition) is 0. The van der Waals surface area contributed by atoms with Crippen LogP contribution in [0.5, 0.6) is 11.5 Å². The molecule has 0 fully saturated rings. The van der Waals surface area contributed by atoms with Crippen molar-refractivity contribution in [3.05, 3.63) is 72.0 Å². The van der Waals surface area contributed by atoms with Crippen LogP contribution in [0.25, 0.3) is 0 Å². The monoisotopic (exact) mass is 453 g/mol. The van der Waals surface area contributed by atoms with Crippen molar-refractivity contribution in [2.75, 3.05) is 14.2 Å². The number of hydrogen-bond acceptors (Lipinski definition) is 4. The first kappa shape index (κ1) is 19.3. The topological polar surface area (TPSA) is 44.8 Å². The standard InChI is InChI=1S/C20H22IO4/c1-20(2,12-13-23-3)16-10-11-17(24-4)18(14-16)25-21-19(22)15-8-6-5-7-9-15/h5-14H,1-4H3/q-1/b13-12+. The van der Waals surface area contributed by atoms with Gasteiger partial charge in [0.25, 0.3) is 0 Å². The summed E-state index contributed by atoms with van der Waals surface area (Å²) >= 11 is -1.14. The molecule has 0 atom stereocenters. The van der Waals surface area contributed by atoms with E-state index >= 15 is 0 Å². The molecule has 0 saturated heterocycles. The number of halogens is 1. The maximum atomic E-state index is 12.3. The number of ether oxygens (including phenoxy) is 2. The SMILES string of the molecule is CO/C=C/C(C)(C)c1ccc(OC)c(O[I-]C(=O)c2ccccc2)c1. The molecule has 2 rings (SSSR count). The van der Waals surface area contributed by atoms with Gasteiger partial charge < -0.3 is 0 Å². The molecule has 0 saturated carbocycles. The average molecular weight is 453 g/mol. The molecule has 0 aliphatic heterocycles. The second kappa shape index (κ2) is 8.89. The molecular weight excluding hydrogens is 431 g/mol. The molecule has 4 nitrogen and oxygen atoms in total.